The van der Waals surface area contributed by atoms with Gasteiger partial charge in [-0.3, -0.25) is 0 Å². The van der Waals surface area contributed by atoms with Gasteiger partial charge in [-0.25, -0.2) is 0 Å². The molecular formula is C44H80O26. The van der Waals surface area contributed by atoms with E-state index in [2.05, 4.69) is 0 Å². The van der Waals surface area contributed by atoms with Crippen molar-refractivity contribution in [1.29, 1.82) is 0 Å². The molecule has 12 N–H and O–H groups in total. The van der Waals surface area contributed by atoms with Crippen molar-refractivity contribution < 1.29 is 128 Å². The Morgan fingerprint density at radius 3 is 1.01 bits per heavy atom. The van der Waals surface area contributed by atoms with Gasteiger partial charge in [0.15, 0.2) is 6.29 Å². The van der Waals surface area contributed by atoms with E-state index < -0.39 is 185 Å². The summed E-state index contributed by atoms with van der Waals surface area (Å²) in [7, 11) is 6.98. The Hall–Kier alpha value is -1.04. The molecule has 0 aromatic rings. The lowest BCUT2D eigenvalue weighted by Crippen LogP contribution is -2.61. The highest BCUT2D eigenvalue weighted by Crippen LogP contribution is 2.35. The predicted octanol–water partition coefficient (Wildman–Crippen LogP) is -7.25. The van der Waals surface area contributed by atoms with Crippen molar-refractivity contribution in [2.24, 2.45) is 29.6 Å². The molecule has 0 radical (unpaired) electrons. The van der Waals surface area contributed by atoms with Crippen LogP contribution in [-0.4, -0.2) is 312 Å². The summed E-state index contributed by atoms with van der Waals surface area (Å²) in [6, 6.07) is 0. The van der Waals surface area contributed by atoms with Crippen LogP contribution >= 0.6 is 0 Å². The molecule has 70 heavy (non-hydrogen) atoms. The molecule has 5 fully saturated rings. The molecule has 0 spiro atoms. The van der Waals surface area contributed by atoms with Crippen LogP contribution in [0.2, 0.25) is 0 Å². The molecule has 0 aliphatic carbocycles. The van der Waals surface area contributed by atoms with Gasteiger partial charge in [-0.05, 0) is 0 Å². The molecule has 5 saturated heterocycles. The fourth-order valence-corrected chi connectivity index (χ4v) is 10.3. The molecule has 5 rings (SSSR count). The lowest BCUT2D eigenvalue weighted by molar-refractivity contribution is -0.313. The van der Waals surface area contributed by atoms with Gasteiger partial charge in [0.1, 0.15) is 54.9 Å². The second-order valence-electron chi connectivity index (χ2n) is 18.6. The molecule has 26 nitrogen and oxygen atoms in total. The molecular weight excluding hydrogens is 944 g/mol. The van der Waals surface area contributed by atoms with Crippen LogP contribution in [0.15, 0.2) is 0 Å². The van der Waals surface area contributed by atoms with E-state index in [0.717, 1.165) is 0 Å². The predicted molar refractivity (Wildman–Crippen MR) is 233 cm³/mol. The van der Waals surface area contributed by atoms with Crippen molar-refractivity contribution in [2.75, 3.05) is 128 Å². The van der Waals surface area contributed by atoms with Crippen LogP contribution in [0.25, 0.3) is 0 Å². The van der Waals surface area contributed by atoms with Gasteiger partial charge in [0, 0.05) is 65.1 Å². The van der Waals surface area contributed by atoms with Crippen LogP contribution in [0, 0.1) is 29.6 Å². The topological polar surface area (TPSA) is 372 Å². The molecule has 26 heteroatoms. The van der Waals surface area contributed by atoms with E-state index >= 15 is 0 Å². The summed E-state index contributed by atoms with van der Waals surface area (Å²) in [5.41, 5.74) is 0. The standard InChI is InChI=1S/C44H80O26/c1-57-10-20-25(6-45)66-31(37(52)34(20)49)16-62-12-22-29(69-33(39(54)36(22)51)18-63-13-23-27(8-47)68-30(15-59-3)40(55)42(23)60-4)19-65-44-41(56)43(61-5)24(28(9-48)70-44)14-64-17-32-38(53)35(50)21(11-58-2)26(7-46)67-32/h20-56H,6-19H2,1-5H3. The molecule has 0 aromatic carbocycles. The molecule has 0 amide bonds. The van der Waals surface area contributed by atoms with Crippen LogP contribution in [0.4, 0.5) is 0 Å². The second kappa shape index (κ2) is 29.3. The fraction of sp³-hybridized carbons (Fsp3) is 1.00. The number of ether oxygens (including phenoxy) is 14. The van der Waals surface area contributed by atoms with Crippen LogP contribution in [0.3, 0.4) is 0 Å². The van der Waals surface area contributed by atoms with Crippen molar-refractivity contribution in [3.63, 3.8) is 0 Å². The number of methoxy groups -OCH3 is 5. The van der Waals surface area contributed by atoms with Gasteiger partial charge in [-0.1, -0.05) is 0 Å². The van der Waals surface area contributed by atoms with Crippen molar-refractivity contribution in [3.8, 4) is 0 Å². The summed E-state index contributed by atoms with van der Waals surface area (Å²) in [5.74, 6) is -3.99. The summed E-state index contributed by atoms with van der Waals surface area (Å²) in [5, 5.41) is 129. The van der Waals surface area contributed by atoms with Gasteiger partial charge < -0.3 is 128 Å². The Morgan fingerprint density at radius 1 is 0.300 bits per heavy atom. The number of aliphatic hydroxyl groups is 12. The molecule has 25 unspecified atom stereocenters. The molecule has 0 bridgehead atoms. The molecule has 5 aliphatic heterocycles. The van der Waals surface area contributed by atoms with Crippen LogP contribution < -0.4 is 0 Å². The SMILES string of the molecule is COCC1OC(CO)C(COCC2OC(COC3OC(CO)C(COCC4OC(CO)C(COC)C(O)C4O)C(OC)C3O)C(COCC3OC(CO)C(COC)C(O)C3O)C(O)C2O)C(OC)C1O. The van der Waals surface area contributed by atoms with Crippen LogP contribution in [0.5, 0.6) is 0 Å². The number of aliphatic hydroxyl groups excluding tert-OH is 12. The minimum atomic E-state index is -1.58. The molecule has 5 heterocycles. The molecule has 5 aliphatic rings. The summed E-state index contributed by atoms with van der Waals surface area (Å²) in [6.45, 7) is -3.88. The van der Waals surface area contributed by atoms with Gasteiger partial charge in [0.05, 0.1) is 154 Å². The largest absolute Gasteiger partial charge is 0.394 e. The average Bonchev–Trinajstić information content (AvgIpc) is 3.35. The maximum absolute atomic E-state index is 11.7. The van der Waals surface area contributed by atoms with E-state index in [1.165, 1.54) is 35.5 Å². The Labute approximate surface area is 407 Å². The first-order valence-electron chi connectivity index (χ1n) is 23.7. The van der Waals surface area contributed by atoms with Crippen LogP contribution in [0.1, 0.15) is 0 Å². The average molecular weight is 1030 g/mol. The minimum absolute atomic E-state index is 0.000765. The third-order valence-corrected chi connectivity index (χ3v) is 14.3. The zero-order valence-electron chi connectivity index (χ0n) is 40.4. The minimum Gasteiger partial charge on any atom is -0.394 e. The summed E-state index contributed by atoms with van der Waals surface area (Å²) in [6.07, 6.45) is -23.5. The Balaban J connectivity index is 1.26. The summed E-state index contributed by atoms with van der Waals surface area (Å²) >= 11 is 0. The molecule has 25 atom stereocenters. The van der Waals surface area contributed by atoms with Gasteiger partial charge >= 0.3 is 0 Å². The summed E-state index contributed by atoms with van der Waals surface area (Å²) < 4.78 is 80.5. The van der Waals surface area contributed by atoms with Crippen molar-refractivity contribution in [1.82, 2.24) is 0 Å². The van der Waals surface area contributed by atoms with Gasteiger partial charge in [-0.2, -0.15) is 0 Å². The number of hydrogen-bond donors (Lipinski definition) is 12. The van der Waals surface area contributed by atoms with Gasteiger partial charge in [0.2, 0.25) is 0 Å². The maximum atomic E-state index is 11.7. The van der Waals surface area contributed by atoms with E-state index in [-0.39, 0.29) is 59.5 Å². The second-order valence-corrected chi connectivity index (χ2v) is 18.6. The van der Waals surface area contributed by atoms with Crippen molar-refractivity contribution >= 4 is 0 Å². The van der Waals surface area contributed by atoms with E-state index in [4.69, 9.17) is 66.3 Å². The van der Waals surface area contributed by atoms with E-state index in [1.54, 1.807) is 0 Å². The Kier molecular flexibility index (Phi) is 25.1. The highest BCUT2D eigenvalue weighted by Gasteiger charge is 2.51. The van der Waals surface area contributed by atoms with Crippen molar-refractivity contribution in [2.45, 2.75) is 122 Å². The van der Waals surface area contributed by atoms with E-state index in [0.29, 0.717) is 0 Å². The molecule has 412 valence electrons. The van der Waals surface area contributed by atoms with E-state index in [9.17, 15) is 61.3 Å². The van der Waals surface area contributed by atoms with Crippen LogP contribution in [-0.2, 0) is 66.3 Å². The zero-order chi connectivity index (χ0) is 51.2. The quantitative estimate of drug-likeness (QED) is 0.0364. The first kappa shape index (κ1) is 59.8. The highest BCUT2D eigenvalue weighted by atomic mass is 16.7. The van der Waals surface area contributed by atoms with E-state index in [1.807, 2.05) is 0 Å². The lowest BCUT2D eigenvalue weighted by atomic mass is 9.86. The third kappa shape index (κ3) is 14.3. The number of rotatable bonds is 27. The third-order valence-electron chi connectivity index (χ3n) is 14.3. The van der Waals surface area contributed by atoms with Gasteiger partial charge in [-0.15, -0.1) is 0 Å². The summed E-state index contributed by atoms with van der Waals surface area (Å²) in [4.78, 5) is 0. The smallest absolute Gasteiger partial charge is 0.186 e. The monoisotopic (exact) mass is 1020 g/mol. The first-order valence-corrected chi connectivity index (χ1v) is 23.7. The Bertz CT molecular complexity index is 1440. The molecule has 0 aromatic heterocycles. The fourth-order valence-electron chi connectivity index (χ4n) is 10.3. The van der Waals surface area contributed by atoms with Crippen molar-refractivity contribution in [3.05, 3.63) is 0 Å². The zero-order valence-corrected chi connectivity index (χ0v) is 40.4. The first-order chi connectivity index (χ1) is 33.7. The lowest BCUT2D eigenvalue weighted by Gasteiger charge is -2.46. The van der Waals surface area contributed by atoms with Gasteiger partial charge in [0.25, 0.3) is 0 Å². The molecule has 0 saturated carbocycles. The Morgan fingerprint density at radius 2 is 0.629 bits per heavy atom. The highest BCUT2D eigenvalue weighted by molar-refractivity contribution is 4.97. The number of hydrogen-bond acceptors (Lipinski definition) is 26. The normalized spacial score (nSPS) is 45.0. The maximum Gasteiger partial charge on any atom is 0.186 e.